The molecule has 0 saturated heterocycles. The number of H-pyrrole nitrogens is 1. The number of hydrogen-bond acceptors (Lipinski definition) is 7. The van der Waals surface area contributed by atoms with E-state index in [0.29, 0.717) is 23.9 Å². The Morgan fingerprint density at radius 3 is 2.86 bits per heavy atom. The van der Waals surface area contributed by atoms with Gasteiger partial charge < -0.3 is 9.64 Å². The second-order valence-electron chi connectivity index (χ2n) is 6.27. The average Bonchev–Trinajstić information content (AvgIpc) is 3.42. The Morgan fingerprint density at radius 1 is 1.29 bits per heavy atom. The number of amides is 1. The van der Waals surface area contributed by atoms with Crippen molar-refractivity contribution in [1.82, 2.24) is 20.1 Å². The first-order valence-electron chi connectivity index (χ1n) is 8.69. The Kier molecular flexibility index (Phi) is 5.45. The number of thiophene rings is 1. The van der Waals surface area contributed by atoms with Crippen molar-refractivity contribution >= 4 is 35.0 Å². The van der Waals surface area contributed by atoms with Gasteiger partial charge in [0, 0.05) is 13.0 Å². The zero-order valence-corrected chi connectivity index (χ0v) is 16.8. The van der Waals surface area contributed by atoms with Crippen LogP contribution >= 0.6 is 23.1 Å². The minimum Gasteiger partial charge on any atom is -0.467 e. The number of esters is 1. The fourth-order valence-electron chi connectivity index (χ4n) is 3.18. The summed E-state index contributed by atoms with van der Waals surface area (Å²) in [5.74, 6) is 0.296. The van der Waals surface area contributed by atoms with Crippen molar-refractivity contribution in [2.45, 2.75) is 24.2 Å². The van der Waals surface area contributed by atoms with Crippen LogP contribution in [0.5, 0.6) is 0 Å². The molecule has 3 heterocycles. The summed E-state index contributed by atoms with van der Waals surface area (Å²) in [4.78, 5) is 32.1. The standard InChI is InChI=1S/C19H18N4O3S2/c1-26-18(25)14-9-12-5-2-3-6-13(12)10-23(14)16(24)11-28-19-20-17(21-22-19)15-7-4-8-27-15/h2-8,14H,9-11H2,1H3,(H,20,21,22)/t14-/m1/s1. The second-order valence-corrected chi connectivity index (χ2v) is 8.16. The summed E-state index contributed by atoms with van der Waals surface area (Å²) in [6.45, 7) is 0.393. The number of nitrogens with one attached hydrogen (secondary N) is 1. The van der Waals surface area contributed by atoms with Crippen LogP contribution < -0.4 is 0 Å². The fraction of sp³-hybridized carbons (Fsp3) is 0.263. The molecule has 9 heteroatoms. The lowest BCUT2D eigenvalue weighted by molar-refractivity contribution is -0.153. The van der Waals surface area contributed by atoms with Crippen LogP contribution in [0.1, 0.15) is 11.1 Å². The molecule has 28 heavy (non-hydrogen) atoms. The van der Waals surface area contributed by atoms with Gasteiger partial charge in [0.15, 0.2) is 5.82 Å². The van der Waals surface area contributed by atoms with Crippen LogP contribution in [0.2, 0.25) is 0 Å². The Bertz CT molecular complexity index is 987. The Hall–Kier alpha value is -2.65. The lowest BCUT2D eigenvalue weighted by atomic mass is 9.94. The number of methoxy groups -OCH3 is 1. The van der Waals surface area contributed by atoms with E-state index >= 15 is 0 Å². The molecule has 0 unspecified atom stereocenters. The van der Waals surface area contributed by atoms with Gasteiger partial charge in [-0.2, -0.15) is 0 Å². The molecule has 1 atom stereocenters. The van der Waals surface area contributed by atoms with Gasteiger partial charge in [-0.3, -0.25) is 9.89 Å². The summed E-state index contributed by atoms with van der Waals surface area (Å²) < 4.78 is 4.92. The first kappa shape index (κ1) is 18.7. The van der Waals surface area contributed by atoms with Crippen molar-refractivity contribution in [2.75, 3.05) is 12.9 Å². The van der Waals surface area contributed by atoms with Crippen molar-refractivity contribution in [2.24, 2.45) is 0 Å². The number of benzene rings is 1. The van der Waals surface area contributed by atoms with Crippen LogP contribution in [0.15, 0.2) is 46.9 Å². The van der Waals surface area contributed by atoms with Gasteiger partial charge in [0.25, 0.3) is 0 Å². The van der Waals surface area contributed by atoms with Gasteiger partial charge in [0.2, 0.25) is 11.1 Å². The normalized spacial score (nSPS) is 15.9. The lowest BCUT2D eigenvalue weighted by Crippen LogP contribution is -2.49. The van der Waals surface area contributed by atoms with Gasteiger partial charge in [-0.05, 0) is 22.6 Å². The number of ether oxygens (including phenoxy) is 1. The van der Waals surface area contributed by atoms with Crippen LogP contribution in [-0.2, 0) is 27.3 Å². The molecule has 0 aliphatic carbocycles. The minimum absolute atomic E-state index is 0.141. The molecule has 0 fully saturated rings. The second kappa shape index (κ2) is 8.15. The van der Waals surface area contributed by atoms with Crippen molar-refractivity contribution < 1.29 is 14.3 Å². The van der Waals surface area contributed by atoms with Crippen molar-refractivity contribution in [3.8, 4) is 10.7 Å². The topological polar surface area (TPSA) is 88.2 Å². The minimum atomic E-state index is -0.609. The van der Waals surface area contributed by atoms with Gasteiger partial charge in [-0.15, -0.1) is 16.4 Å². The van der Waals surface area contributed by atoms with E-state index in [1.165, 1.54) is 18.9 Å². The molecule has 4 rings (SSSR count). The Balaban J connectivity index is 1.46. The third kappa shape index (κ3) is 3.81. The quantitative estimate of drug-likeness (QED) is 0.510. The summed E-state index contributed by atoms with van der Waals surface area (Å²) in [6, 6.07) is 11.1. The fourth-order valence-corrected chi connectivity index (χ4v) is 4.52. The van der Waals surface area contributed by atoms with E-state index in [1.54, 1.807) is 16.2 Å². The number of carbonyl (C=O) groups excluding carboxylic acids is 2. The molecule has 1 aromatic carbocycles. The summed E-state index contributed by atoms with van der Waals surface area (Å²) in [5, 5.41) is 9.53. The van der Waals surface area contributed by atoms with E-state index in [4.69, 9.17) is 4.74 Å². The summed E-state index contributed by atoms with van der Waals surface area (Å²) >= 11 is 2.82. The smallest absolute Gasteiger partial charge is 0.328 e. The van der Waals surface area contributed by atoms with E-state index in [0.717, 1.165) is 16.0 Å². The third-order valence-electron chi connectivity index (χ3n) is 4.59. The molecule has 7 nitrogen and oxygen atoms in total. The molecule has 1 aliphatic rings. The Morgan fingerprint density at radius 2 is 2.11 bits per heavy atom. The van der Waals surface area contributed by atoms with E-state index in [-0.39, 0.29) is 11.7 Å². The average molecular weight is 415 g/mol. The summed E-state index contributed by atoms with van der Waals surface area (Å²) in [5.41, 5.74) is 2.13. The predicted octanol–water partition coefficient (Wildman–Crippen LogP) is 2.75. The van der Waals surface area contributed by atoms with Crippen LogP contribution in [0.4, 0.5) is 0 Å². The molecular weight excluding hydrogens is 396 g/mol. The first-order valence-corrected chi connectivity index (χ1v) is 10.6. The number of aromatic amines is 1. The van der Waals surface area contributed by atoms with Gasteiger partial charge in [-0.1, -0.05) is 42.1 Å². The predicted molar refractivity (Wildman–Crippen MR) is 107 cm³/mol. The maximum Gasteiger partial charge on any atom is 0.328 e. The molecule has 0 spiro atoms. The molecule has 0 saturated carbocycles. The Labute approximate surface area is 170 Å². The largest absolute Gasteiger partial charge is 0.467 e. The van der Waals surface area contributed by atoms with Gasteiger partial charge >= 0.3 is 5.97 Å². The number of rotatable bonds is 5. The van der Waals surface area contributed by atoms with E-state index in [9.17, 15) is 9.59 Å². The van der Waals surface area contributed by atoms with E-state index < -0.39 is 12.0 Å². The van der Waals surface area contributed by atoms with E-state index in [1.807, 2.05) is 41.8 Å². The number of thioether (sulfide) groups is 1. The van der Waals surface area contributed by atoms with Gasteiger partial charge in [0.05, 0.1) is 17.7 Å². The van der Waals surface area contributed by atoms with Gasteiger partial charge in [-0.25, -0.2) is 9.78 Å². The highest BCUT2D eigenvalue weighted by Gasteiger charge is 2.35. The molecule has 0 bridgehead atoms. The highest BCUT2D eigenvalue weighted by molar-refractivity contribution is 7.99. The highest BCUT2D eigenvalue weighted by atomic mass is 32.2. The molecule has 1 amide bonds. The van der Waals surface area contributed by atoms with Crippen molar-refractivity contribution in [3.05, 3.63) is 52.9 Å². The van der Waals surface area contributed by atoms with Gasteiger partial charge in [0.1, 0.15) is 6.04 Å². The van der Waals surface area contributed by atoms with Crippen molar-refractivity contribution in [1.29, 1.82) is 0 Å². The molecule has 1 N–H and O–H groups in total. The van der Waals surface area contributed by atoms with Crippen LogP contribution in [0, 0.1) is 0 Å². The molecular formula is C19H18N4O3S2. The van der Waals surface area contributed by atoms with Crippen LogP contribution in [0.25, 0.3) is 10.7 Å². The van der Waals surface area contributed by atoms with Crippen LogP contribution in [-0.4, -0.2) is 50.9 Å². The SMILES string of the molecule is COC(=O)[C@H]1Cc2ccccc2CN1C(=O)CSc1n[nH]c(-c2cccs2)n1. The van der Waals surface area contributed by atoms with Crippen LogP contribution in [0.3, 0.4) is 0 Å². The third-order valence-corrected chi connectivity index (χ3v) is 6.30. The molecule has 2 aromatic heterocycles. The maximum absolute atomic E-state index is 12.9. The zero-order valence-electron chi connectivity index (χ0n) is 15.1. The monoisotopic (exact) mass is 414 g/mol. The number of nitrogens with zero attached hydrogens (tertiary/aromatic N) is 3. The maximum atomic E-state index is 12.9. The zero-order chi connectivity index (χ0) is 19.5. The molecule has 3 aromatic rings. The first-order chi connectivity index (χ1) is 13.7. The van der Waals surface area contributed by atoms with Crippen molar-refractivity contribution in [3.63, 3.8) is 0 Å². The number of carbonyl (C=O) groups is 2. The molecule has 0 radical (unpaired) electrons. The lowest BCUT2D eigenvalue weighted by Gasteiger charge is -2.35. The highest BCUT2D eigenvalue weighted by Crippen LogP contribution is 2.27. The number of fused-ring (bicyclic) bond motifs is 1. The van der Waals surface area contributed by atoms with E-state index in [2.05, 4.69) is 15.2 Å². The number of hydrogen-bond donors (Lipinski definition) is 1. The summed E-state index contributed by atoms with van der Waals surface area (Å²) in [7, 11) is 1.35. The number of aromatic nitrogens is 3. The summed E-state index contributed by atoms with van der Waals surface area (Å²) in [6.07, 6.45) is 0.461. The molecule has 144 valence electrons. The molecule has 1 aliphatic heterocycles.